The van der Waals surface area contributed by atoms with Crippen LogP contribution in [0, 0.1) is 0 Å². The van der Waals surface area contributed by atoms with Crippen LogP contribution in [0.3, 0.4) is 0 Å². The Hall–Kier alpha value is -0.460. The molecule has 168 valence electrons. The van der Waals surface area contributed by atoms with Gasteiger partial charge in [-0.1, -0.05) is 142 Å². The maximum atomic E-state index is 5.49. The summed E-state index contributed by atoms with van der Waals surface area (Å²) in [4.78, 5) is 0. The molecule has 0 saturated carbocycles. The fourth-order valence-corrected chi connectivity index (χ4v) is 3.81. The SMILES string of the molecule is CCCC=COCCCCCCCCCCCCCCCCCCCCCC. The van der Waals surface area contributed by atoms with E-state index in [9.17, 15) is 0 Å². The van der Waals surface area contributed by atoms with E-state index < -0.39 is 0 Å². The summed E-state index contributed by atoms with van der Waals surface area (Å²) in [7, 11) is 0. The molecule has 0 aromatic heterocycles. The molecule has 0 radical (unpaired) electrons. The summed E-state index contributed by atoms with van der Waals surface area (Å²) in [6, 6.07) is 0. The Morgan fingerprint density at radius 1 is 0.429 bits per heavy atom. The molecule has 0 N–H and O–H groups in total. The van der Waals surface area contributed by atoms with E-state index in [1.165, 1.54) is 135 Å². The van der Waals surface area contributed by atoms with Gasteiger partial charge in [0.25, 0.3) is 0 Å². The van der Waals surface area contributed by atoms with E-state index in [-0.39, 0.29) is 0 Å². The van der Waals surface area contributed by atoms with Crippen LogP contribution in [0.25, 0.3) is 0 Å². The third kappa shape index (κ3) is 25.5. The molecule has 0 aliphatic heterocycles. The van der Waals surface area contributed by atoms with Crippen molar-refractivity contribution in [3.8, 4) is 0 Å². The van der Waals surface area contributed by atoms with Crippen LogP contribution in [0.15, 0.2) is 12.3 Å². The molecule has 0 aliphatic rings. The molecular formula is C27H54O. The van der Waals surface area contributed by atoms with Crippen molar-refractivity contribution in [3.63, 3.8) is 0 Å². The van der Waals surface area contributed by atoms with Gasteiger partial charge in [-0.3, -0.25) is 0 Å². The predicted molar refractivity (Wildman–Crippen MR) is 128 cm³/mol. The summed E-state index contributed by atoms with van der Waals surface area (Å²) < 4.78 is 5.49. The molecule has 28 heavy (non-hydrogen) atoms. The van der Waals surface area contributed by atoms with E-state index in [4.69, 9.17) is 4.74 Å². The third-order valence-corrected chi connectivity index (χ3v) is 5.76. The van der Waals surface area contributed by atoms with Crippen LogP contribution in [-0.4, -0.2) is 6.61 Å². The van der Waals surface area contributed by atoms with Gasteiger partial charge in [0.05, 0.1) is 12.9 Å². The Morgan fingerprint density at radius 2 is 0.786 bits per heavy atom. The zero-order chi connectivity index (χ0) is 20.4. The van der Waals surface area contributed by atoms with Gasteiger partial charge >= 0.3 is 0 Å². The Labute approximate surface area is 179 Å². The van der Waals surface area contributed by atoms with Crippen LogP contribution in [0.5, 0.6) is 0 Å². The predicted octanol–water partition coefficient (Wildman–Crippen LogP) is 10.1. The molecule has 0 atom stereocenters. The average Bonchev–Trinajstić information content (AvgIpc) is 2.71. The molecule has 0 bridgehead atoms. The lowest BCUT2D eigenvalue weighted by atomic mass is 10.0. The van der Waals surface area contributed by atoms with Crippen LogP contribution >= 0.6 is 0 Å². The summed E-state index contributed by atoms with van der Waals surface area (Å²) in [5.41, 5.74) is 0. The van der Waals surface area contributed by atoms with Crippen molar-refractivity contribution < 1.29 is 4.74 Å². The summed E-state index contributed by atoms with van der Waals surface area (Å²) >= 11 is 0. The molecule has 0 spiro atoms. The molecule has 0 saturated heterocycles. The van der Waals surface area contributed by atoms with Crippen molar-refractivity contribution in [2.75, 3.05) is 6.61 Å². The van der Waals surface area contributed by atoms with Crippen LogP contribution in [0.2, 0.25) is 0 Å². The lowest BCUT2D eigenvalue weighted by Gasteiger charge is -2.04. The Bertz CT molecular complexity index is 284. The highest BCUT2D eigenvalue weighted by Gasteiger charge is 1.95. The van der Waals surface area contributed by atoms with Crippen LogP contribution in [-0.2, 0) is 4.74 Å². The van der Waals surface area contributed by atoms with E-state index in [1.807, 2.05) is 6.26 Å². The second kappa shape index (κ2) is 26.5. The lowest BCUT2D eigenvalue weighted by Crippen LogP contribution is -1.88. The van der Waals surface area contributed by atoms with Gasteiger partial charge in [-0.15, -0.1) is 0 Å². The van der Waals surface area contributed by atoms with Crippen molar-refractivity contribution >= 4 is 0 Å². The van der Waals surface area contributed by atoms with Gasteiger partial charge in [0.1, 0.15) is 0 Å². The van der Waals surface area contributed by atoms with Gasteiger partial charge in [-0.25, -0.2) is 0 Å². The highest BCUT2D eigenvalue weighted by atomic mass is 16.5. The molecule has 0 aliphatic carbocycles. The van der Waals surface area contributed by atoms with Crippen molar-refractivity contribution in [3.05, 3.63) is 12.3 Å². The quantitative estimate of drug-likeness (QED) is 0.117. The molecule has 0 fully saturated rings. The summed E-state index contributed by atoms with van der Waals surface area (Å²) in [6.07, 6.45) is 35.1. The van der Waals surface area contributed by atoms with Crippen LogP contribution in [0.1, 0.15) is 155 Å². The Kier molecular flexibility index (Phi) is 26.1. The lowest BCUT2D eigenvalue weighted by molar-refractivity contribution is 0.239. The smallest absolute Gasteiger partial charge is 0.0873 e. The minimum absolute atomic E-state index is 0.902. The second-order valence-corrected chi connectivity index (χ2v) is 8.75. The molecule has 0 aromatic carbocycles. The molecule has 0 aromatic rings. The molecule has 0 rings (SSSR count). The van der Waals surface area contributed by atoms with E-state index in [1.54, 1.807) is 0 Å². The van der Waals surface area contributed by atoms with Crippen molar-refractivity contribution in [2.45, 2.75) is 155 Å². The van der Waals surface area contributed by atoms with Gasteiger partial charge in [0.15, 0.2) is 0 Å². The summed E-state index contributed by atoms with van der Waals surface area (Å²) in [5.74, 6) is 0. The van der Waals surface area contributed by atoms with Crippen molar-refractivity contribution in [1.29, 1.82) is 0 Å². The number of allylic oxidation sites excluding steroid dienone is 1. The highest BCUT2D eigenvalue weighted by Crippen LogP contribution is 2.14. The fraction of sp³-hybridized carbons (Fsp3) is 0.926. The molecule has 0 heterocycles. The summed E-state index contributed by atoms with van der Waals surface area (Å²) in [5, 5.41) is 0. The third-order valence-electron chi connectivity index (χ3n) is 5.76. The molecule has 1 nitrogen and oxygen atoms in total. The average molecular weight is 395 g/mol. The minimum atomic E-state index is 0.902. The van der Waals surface area contributed by atoms with Gasteiger partial charge < -0.3 is 4.74 Å². The van der Waals surface area contributed by atoms with Crippen LogP contribution < -0.4 is 0 Å². The molecule has 1 heteroatoms. The maximum Gasteiger partial charge on any atom is 0.0873 e. The van der Waals surface area contributed by atoms with Gasteiger partial charge in [0.2, 0.25) is 0 Å². The number of hydrogen-bond donors (Lipinski definition) is 0. The Morgan fingerprint density at radius 3 is 1.14 bits per heavy atom. The summed E-state index contributed by atoms with van der Waals surface area (Å²) in [6.45, 7) is 5.40. The zero-order valence-electron chi connectivity index (χ0n) is 19.8. The van der Waals surface area contributed by atoms with Gasteiger partial charge in [-0.05, 0) is 18.9 Å². The van der Waals surface area contributed by atoms with Crippen molar-refractivity contribution in [1.82, 2.24) is 0 Å². The van der Waals surface area contributed by atoms with Crippen molar-refractivity contribution in [2.24, 2.45) is 0 Å². The van der Waals surface area contributed by atoms with Crippen LogP contribution in [0.4, 0.5) is 0 Å². The first kappa shape index (κ1) is 27.5. The second-order valence-electron chi connectivity index (χ2n) is 8.75. The monoisotopic (exact) mass is 394 g/mol. The number of unbranched alkanes of at least 4 members (excludes halogenated alkanes) is 20. The van der Waals surface area contributed by atoms with E-state index in [0.717, 1.165) is 13.0 Å². The zero-order valence-corrected chi connectivity index (χ0v) is 19.8. The Balaban J connectivity index is 2.99. The first-order chi connectivity index (χ1) is 13.9. The standard InChI is InChI=1S/C27H54O/c1-3-5-7-8-9-10-11-12-13-14-15-16-17-18-19-20-21-22-23-25-27-28-26-24-6-4-2/h24,26H,3-23,25,27H2,1-2H3. The normalized spacial score (nSPS) is 11.5. The van der Waals surface area contributed by atoms with E-state index in [2.05, 4.69) is 19.9 Å². The van der Waals surface area contributed by atoms with E-state index >= 15 is 0 Å². The first-order valence-corrected chi connectivity index (χ1v) is 13.2. The molecule has 0 unspecified atom stereocenters. The largest absolute Gasteiger partial charge is 0.502 e. The number of ether oxygens (including phenoxy) is 1. The highest BCUT2D eigenvalue weighted by molar-refractivity contribution is 4.72. The van der Waals surface area contributed by atoms with E-state index in [0.29, 0.717) is 0 Å². The van der Waals surface area contributed by atoms with Gasteiger partial charge in [0, 0.05) is 0 Å². The maximum absolute atomic E-state index is 5.49. The minimum Gasteiger partial charge on any atom is -0.502 e. The number of rotatable bonds is 24. The van der Waals surface area contributed by atoms with Gasteiger partial charge in [-0.2, -0.15) is 0 Å². The molecule has 0 amide bonds. The fourth-order valence-electron chi connectivity index (χ4n) is 3.81. The first-order valence-electron chi connectivity index (χ1n) is 13.2. The topological polar surface area (TPSA) is 9.23 Å². The number of hydrogen-bond acceptors (Lipinski definition) is 1. The molecular weight excluding hydrogens is 340 g/mol.